The zero-order chi connectivity index (χ0) is 22.9. The molecule has 2 heterocycles. The van der Waals surface area contributed by atoms with E-state index in [1.165, 1.54) is 19.3 Å². The Bertz CT molecular complexity index is 970. The molecule has 1 aromatic carbocycles. The van der Waals surface area contributed by atoms with Crippen LogP contribution in [0.2, 0.25) is 0 Å². The molecule has 1 atom stereocenters. The summed E-state index contributed by atoms with van der Waals surface area (Å²) in [5.41, 5.74) is 1.38. The molecule has 2 aromatic rings. The monoisotopic (exact) mass is 440 g/mol. The molecule has 0 fully saturated rings. The van der Waals surface area contributed by atoms with Crippen molar-refractivity contribution in [3.63, 3.8) is 0 Å². The molecule has 7 nitrogen and oxygen atoms in total. The van der Waals surface area contributed by atoms with Crippen molar-refractivity contribution >= 4 is 11.5 Å². The van der Waals surface area contributed by atoms with E-state index in [2.05, 4.69) is 24.1 Å². The van der Waals surface area contributed by atoms with Crippen LogP contribution in [0.1, 0.15) is 89.1 Å². The lowest BCUT2D eigenvalue weighted by Crippen LogP contribution is -2.28. The number of H-pyrrole nitrogens is 1. The van der Waals surface area contributed by atoms with Crippen molar-refractivity contribution in [1.82, 2.24) is 9.97 Å². The molecular weight excluding hydrogens is 404 g/mol. The Morgan fingerprint density at radius 2 is 1.94 bits per heavy atom. The number of benzene rings is 1. The summed E-state index contributed by atoms with van der Waals surface area (Å²) in [6, 6.07) is 6.00. The van der Waals surface area contributed by atoms with Gasteiger partial charge < -0.3 is 25.2 Å². The van der Waals surface area contributed by atoms with Gasteiger partial charge in [-0.1, -0.05) is 58.9 Å². The summed E-state index contributed by atoms with van der Waals surface area (Å²) in [6.45, 7) is 6.51. The normalized spacial score (nSPS) is 13.2. The molecule has 32 heavy (non-hydrogen) atoms. The van der Waals surface area contributed by atoms with Crippen LogP contribution in [0.3, 0.4) is 0 Å². The fourth-order valence-electron chi connectivity index (χ4n) is 4.06. The van der Waals surface area contributed by atoms with E-state index in [1.807, 2.05) is 25.1 Å². The van der Waals surface area contributed by atoms with Crippen LogP contribution in [0.15, 0.2) is 23.0 Å². The fraction of sp³-hybridized carbons (Fsp3) is 0.560. The lowest BCUT2D eigenvalue weighted by Gasteiger charge is -2.21. The molecular formula is C25H36N4O3. The number of rotatable bonds is 13. The minimum Gasteiger partial charge on any atom is -0.454 e. The first-order valence-corrected chi connectivity index (χ1v) is 11.9. The zero-order valence-electron chi connectivity index (χ0n) is 19.6. The second-order valence-electron chi connectivity index (χ2n) is 8.41. The number of fused-ring (bicyclic) bond motifs is 1. The van der Waals surface area contributed by atoms with Crippen molar-refractivity contribution in [2.45, 2.75) is 84.6 Å². The van der Waals surface area contributed by atoms with Crippen LogP contribution >= 0.6 is 0 Å². The van der Waals surface area contributed by atoms with Gasteiger partial charge in [-0.15, -0.1) is 0 Å². The number of hydrogen-bond acceptors (Lipinski definition) is 6. The van der Waals surface area contributed by atoms with E-state index in [9.17, 15) is 4.79 Å². The first-order valence-electron chi connectivity index (χ1n) is 11.9. The third-order valence-corrected chi connectivity index (χ3v) is 5.82. The Hall–Kier alpha value is -2.83. The second-order valence-corrected chi connectivity index (χ2v) is 8.41. The number of nitrogens with one attached hydrogen (secondary N) is 3. The molecule has 1 aliphatic heterocycles. The highest BCUT2D eigenvalue weighted by Crippen LogP contribution is 2.33. The molecule has 1 aliphatic rings. The Balaban J connectivity index is 1.85. The molecule has 0 aliphatic carbocycles. The van der Waals surface area contributed by atoms with Gasteiger partial charge in [0, 0.05) is 18.2 Å². The smallest absolute Gasteiger partial charge is 0.262 e. The first kappa shape index (κ1) is 23.8. The molecule has 3 rings (SSSR count). The molecule has 3 N–H and O–H groups in total. The van der Waals surface area contributed by atoms with Crippen molar-refractivity contribution in [3.05, 3.63) is 45.5 Å². The van der Waals surface area contributed by atoms with Gasteiger partial charge in [-0.3, -0.25) is 4.79 Å². The highest BCUT2D eigenvalue weighted by molar-refractivity contribution is 6.01. The average Bonchev–Trinajstić information content (AvgIpc) is 3.24. The van der Waals surface area contributed by atoms with E-state index in [4.69, 9.17) is 19.9 Å². The van der Waals surface area contributed by atoms with Gasteiger partial charge in [0.05, 0.1) is 0 Å². The average molecular weight is 441 g/mol. The number of hydrogen-bond donors (Lipinski definition) is 3. The minimum atomic E-state index is -0.258. The van der Waals surface area contributed by atoms with Crippen LogP contribution in [0.4, 0.5) is 5.82 Å². The van der Waals surface area contributed by atoms with E-state index in [1.54, 1.807) is 0 Å². The van der Waals surface area contributed by atoms with Gasteiger partial charge in [0.25, 0.3) is 5.56 Å². The molecule has 174 valence electrons. The standard InChI is InChI=1S/C25H36N4O3/c1-4-7-8-9-11-18(10-5-2)27-24-23(19(26)6-3)25(30)29-22(28-24)15-17-12-13-20-21(14-17)32-16-31-20/h12-14,18,26H,4-11,15-16H2,1-3H3,(H2,27,28,29,30). The Labute approximate surface area is 190 Å². The SMILES string of the molecule is CCCCCCC(CCC)Nc1nc(Cc2ccc3c(c2)OCO3)[nH]c(=O)c1C(=N)CC. The molecule has 1 aromatic heterocycles. The molecule has 7 heteroatoms. The number of ether oxygens (including phenoxy) is 2. The molecule has 0 bridgehead atoms. The number of aromatic nitrogens is 2. The summed E-state index contributed by atoms with van der Waals surface area (Å²) in [6.07, 6.45) is 8.88. The highest BCUT2D eigenvalue weighted by atomic mass is 16.7. The van der Waals surface area contributed by atoms with Gasteiger partial charge in [0.2, 0.25) is 6.79 Å². The van der Waals surface area contributed by atoms with E-state index in [0.717, 1.165) is 37.0 Å². The van der Waals surface area contributed by atoms with Gasteiger partial charge in [0.15, 0.2) is 11.5 Å². The predicted octanol–water partition coefficient (Wildman–Crippen LogP) is 5.42. The summed E-state index contributed by atoms with van der Waals surface area (Å²) in [5, 5.41) is 11.9. The third-order valence-electron chi connectivity index (χ3n) is 5.82. The number of nitrogens with zero attached hydrogens (tertiary/aromatic N) is 1. The molecule has 0 saturated carbocycles. The van der Waals surface area contributed by atoms with Gasteiger partial charge in [-0.25, -0.2) is 4.98 Å². The van der Waals surface area contributed by atoms with Crippen molar-refractivity contribution in [2.24, 2.45) is 0 Å². The molecule has 0 amide bonds. The maximum Gasteiger partial charge on any atom is 0.262 e. The predicted molar refractivity (Wildman–Crippen MR) is 128 cm³/mol. The highest BCUT2D eigenvalue weighted by Gasteiger charge is 2.19. The Morgan fingerprint density at radius 3 is 2.69 bits per heavy atom. The Morgan fingerprint density at radius 1 is 1.12 bits per heavy atom. The molecule has 0 saturated heterocycles. The van der Waals surface area contributed by atoms with Crippen LogP contribution in [0.25, 0.3) is 0 Å². The van der Waals surface area contributed by atoms with E-state index in [-0.39, 0.29) is 18.4 Å². The number of anilines is 1. The van der Waals surface area contributed by atoms with Crippen LogP contribution in [0.5, 0.6) is 11.5 Å². The number of unbranched alkanes of at least 4 members (excludes halogenated alkanes) is 3. The second kappa shape index (κ2) is 11.7. The maximum absolute atomic E-state index is 13.0. The largest absolute Gasteiger partial charge is 0.454 e. The van der Waals surface area contributed by atoms with Crippen LogP contribution < -0.4 is 20.3 Å². The van der Waals surface area contributed by atoms with Crippen LogP contribution in [-0.4, -0.2) is 28.5 Å². The van der Waals surface area contributed by atoms with Gasteiger partial charge in [-0.05, 0) is 37.0 Å². The van der Waals surface area contributed by atoms with Crippen molar-refractivity contribution in [3.8, 4) is 11.5 Å². The van der Waals surface area contributed by atoms with E-state index < -0.39 is 0 Å². The third kappa shape index (κ3) is 6.11. The Kier molecular flexibility index (Phi) is 8.71. The van der Waals surface area contributed by atoms with Gasteiger partial charge in [0.1, 0.15) is 17.2 Å². The van der Waals surface area contributed by atoms with Crippen molar-refractivity contribution < 1.29 is 9.47 Å². The van der Waals surface area contributed by atoms with E-state index >= 15 is 0 Å². The summed E-state index contributed by atoms with van der Waals surface area (Å²) < 4.78 is 10.8. The zero-order valence-corrected chi connectivity index (χ0v) is 19.6. The number of aromatic amines is 1. The first-order chi connectivity index (χ1) is 15.5. The summed E-state index contributed by atoms with van der Waals surface area (Å²) in [4.78, 5) is 20.6. The summed E-state index contributed by atoms with van der Waals surface area (Å²) in [5.74, 6) is 2.55. The van der Waals surface area contributed by atoms with Crippen molar-refractivity contribution in [1.29, 1.82) is 5.41 Å². The minimum absolute atomic E-state index is 0.229. The lowest BCUT2D eigenvalue weighted by atomic mass is 10.0. The van der Waals surface area contributed by atoms with Crippen LogP contribution in [0, 0.1) is 5.41 Å². The molecule has 0 spiro atoms. The summed E-state index contributed by atoms with van der Waals surface area (Å²) in [7, 11) is 0. The fourth-order valence-corrected chi connectivity index (χ4v) is 4.06. The maximum atomic E-state index is 13.0. The van der Waals surface area contributed by atoms with Crippen molar-refractivity contribution in [2.75, 3.05) is 12.1 Å². The van der Waals surface area contributed by atoms with Gasteiger partial charge >= 0.3 is 0 Å². The topological polar surface area (TPSA) is 100 Å². The van der Waals surface area contributed by atoms with Gasteiger partial charge in [-0.2, -0.15) is 0 Å². The van der Waals surface area contributed by atoms with Crippen LogP contribution in [-0.2, 0) is 6.42 Å². The molecule has 1 unspecified atom stereocenters. The molecule has 0 radical (unpaired) electrons. The quantitative estimate of drug-likeness (QED) is 0.285. The lowest BCUT2D eigenvalue weighted by molar-refractivity contribution is 0.174. The summed E-state index contributed by atoms with van der Waals surface area (Å²) >= 11 is 0. The van der Waals surface area contributed by atoms with E-state index in [0.29, 0.717) is 41.5 Å².